The number of benzene rings is 3. The number of rotatable bonds is 5. The van der Waals surface area contributed by atoms with Crippen molar-refractivity contribution < 1.29 is 9.53 Å². The lowest BCUT2D eigenvalue weighted by Crippen LogP contribution is -2.14. The van der Waals surface area contributed by atoms with Crippen LogP contribution >= 0.6 is 11.6 Å². The second-order valence-corrected chi connectivity index (χ2v) is 6.64. The lowest BCUT2D eigenvalue weighted by atomic mass is 10.2. The molecule has 0 atom stereocenters. The van der Waals surface area contributed by atoms with Gasteiger partial charge in [0.1, 0.15) is 5.75 Å². The van der Waals surface area contributed by atoms with Crippen LogP contribution in [0, 0.1) is 0 Å². The first kappa shape index (κ1) is 18.7. The molecule has 144 valence electrons. The average Bonchev–Trinajstić information content (AvgIpc) is 3.20. The summed E-state index contributed by atoms with van der Waals surface area (Å²) < 4.78 is 6.83. The van der Waals surface area contributed by atoms with Crippen molar-refractivity contribution in [3.8, 4) is 22.8 Å². The normalized spacial score (nSPS) is 10.6. The summed E-state index contributed by atoms with van der Waals surface area (Å²) in [6.07, 6.45) is 0. The maximum absolute atomic E-state index is 12.7. The SMILES string of the molecule is COc1ccc(-n2nc(C(=O)Nc3ccccc3)nc2-c2cccc(Cl)c2)cc1. The van der Waals surface area contributed by atoms with Gasteiger partial charge in [-0.15, -0.1) is 5.10 Å². The van der Waals surface area contributed by atoms with E-state index >= 15 is 0 Å². The van der Waals surface area contributed by atoms with Gasteiger partial charge in [-0.2, -0.15) is 0 Å². The van der Waals surface area contributed by atoms with Crippen molar-refractivity contribution in [2.24, 2.45) is 0 Å². The van der Waals surface area contributed by atoms with Gasteiger partial charge in [0, 0.05) is 16.3 Å². The summed E-state index contributed by atoms with van der Waals surface area (Å²) in [5.41, 5.74) is 2.16. The van der Waals surface area contributed by atoms with Gasteiger partial charge < -0.3 is 10.1 Å². The highest BCUT2D eigenvalue weighted by molar-refractivity contribution is 6.30. The van der Waals surface area contributed by atoms with Crippen LogP contribution in [0.15, 0.2) is 78.9 Å². The number of amides is 1. The number of hydrogen-bond donors (Lipinski definition) is 1. The Morgan fingerprint density at radius 2 is 1.76 bits per heavy atom. The van der Waals surface area contributed by atoms with Crippen molar-refractivity contribution in [2.75, 3.05) is 12.4 Å². The second-order valence-electron chi connectivity index (χ2n) is 6.20. The summed E-state index contributed by atoms with van der Waals surface area (Å²) in [6, 6.07) is 23.8. The van der Waals surface area contributed by atoms with Crippen LogP contribution in [0.25, 0.3) is 17.1 Å². The Balaban J connectivity index is 1.76. The van der Waals surface area contributed by atoms with Crippen LogP contribution in [-0.2, 0) is 0 Å². The Kier molecular flexibility index (Phi) is 5.27. The molecule has 7 heteroatoms. The van der Waals surface area contributed by atoms with Crippen molar-refractivity contribution in [3.63, 3.8) is 0 Å². The van der Waals surface area contributed by atoms with E-state index < -0.39 is 5.91 Å². The van der Waals surface area contributed by atoms with Crippen LogP contribution in [-0.4, -0.2) is 27.8 Å². The fraction of sp³-hybridized carbons (Fsp3) is 0.0455. The smallest absolute Gasteiger partial charge is 0.295 e. The predicted molar refractivity (Wildman–Crippen MR) is 113 cm³/mol. The molecule has 4 rings (SSSR count). The third-order valence-corrected chi connectivity index (χ3v) is 4.48. The molecule has 0 radical (unpaired) electrons. The van der Waals surface area contributed by atoms with E-state index in [0.717, 1.165) is 17.0 Å². The third kappa shape index (κ3) is 4.12. The molecule has 0 spiro atoms. The molecule has 1 aromatic heterocycles. The van der Waals surface area contributed by atoms with Crippen LogP contribution < -0.4 is 10.1 Å². The first-order chi connectivity index (χ1) is 14.1. The molecule has 29 heavy (non-hydrogen) atoms. The summed E-state index contributed by atoms with van der Waals surface area (Å²) >= 11 is 6.16. The number of aromatic nitrogens is 3. The number of hydrogen-bond acceptors (Lipinski definition) is 4. The minimum absolute atomic E-state index is 0.0552. The molecule has 1 amide bonds. The summed E-state index contributed by atoms with van der Waals surface area (Å²) in [7, 11) is 1.61. The predicted octanol–water partition coefficient (Wildman–Crippen LogP) is 4.85. The fourth-order valence-electron chi connectivity index (χ4n) is 2.83. The largest absolute Gasteiger partial charge is 0.497 e. The third-order valence-electron chi connectivity index (χ3n) is 4.24. The number of para-hydroxylation sites is 1. The molecule has 0 unspecified atom stereocenters. The zero-order valence-electron chi connectivity index (χ0n) is 15.5. The number of ether oxygens (including phenoxy) is 1. The van der Waals surface area contributed by atoms with Crippen molar-refractivity contribution in [2.45, 2.75) is 0 Å². The maximum atomic E-state index is 12.7. The van der Waals surface area contributed by atoms with Crippen LogP contribution in [0.4, 0.5) is 5.69 Å². The fourth-order valence-corrected chi connectivity index (χ4v) is 3.02. The lowest BCUT2D eigenvalue weighted by molar-refractivity contribution is 0.101. The molecule has 0 saturated carbocycles. The molecule has 0 aliphatic heterocycles. The van der Waals surface area contributed by atoms with E-state index in [1.807, 2.05) is 54.6 Å². The van der Waals surface area contributed by atoms with Gasteiger partial charge in [0.05, 0.1) is 12.8 Å². The van der Waals surface area contributed by atoms with E-state index in [1.54, 1.807) is 36.1 Å². The van der Waals surface area contributed by atoms with Gasteiger partial charge in [-0.3, -0.25) is 4.79 Å². The molecule has 0 bridgehead atoms. The quantitative estimate of drug-likeness (QED) is 0.516. The average molecular weight is 405 g/mol. The first-order valence-corrected chi connectivity index (χ1v) is 9.25. The van der Waals surface area contributed by atoms with Crippen LogP contribution in [0.3, 0.4) is 0 Å². The Labute approximate surface area is 172 Å². The number of nitrogens with zero attached hydrogens (tertiary/aromatic N) is 3. The highest BCUT2D eigenvalue weighted by Gasteiger charge is 2.19. The van der Waals surface area contributed by atoms with E-state index in [0.29, 0.717) is 16.5 Å². The van der Waals surface area contributed by atoms with Gasteiger partial charge in [0.15, 0.2) is 5.82 Å². The van der Waals surface area contributed by atoms with E-state index in [1.165, 1.54) is 0 Å². The van der Waals surface area contributed by atoms with E-state index in [9.17, 15) is 4.79 Å². The van der Waals surface area contributed by atoms with Crippen LogP contribution in [0.5, 0.6) is 5.75 Å². The van der Waals surface area contributed by atoms with Gasteiger partial charge in [0.2, 0.25) is 5.82 Å². The number of anilines is 1. The van der Waals surface area contributed by atoms with Crippen LogP contribution in [0.2, 0.25) is 5.02 Å². The van der Waals surface area contributed by atoms with Gasteiger partial charge >= 0.3 is 0 Å². The molecule has 6 nitrogen and oxygen atoms in total. The van der Waals surface area contributed by atoms with Gasteiger partial charge in [-0.05, 0) is 48.5 Å². The lowest BCUT2D eigenvalue weighted by Gasteiger charge is -2.07. The van der Waals surface area contributed by atoms with Crippen molar-refractivity contribution >= 4 is 23.2 Å². The van der Waals surface area contributed by atoms with E-state index in [2.05, 4.69) is 15.4 Å². The van der Waals surface area contributed by atoms with Crippen molar-refractivity contribution in [1.82, 2.24) is 14.8 Å². The van der Waals surface area contributed by atoms with Crippen molar-refractivity contribution in [3.05, 3.63) is 89.7 Å². The zero-order chi connectivity index (χ0) is 20.2. The summed E-state index contributed by atoms with van der Waals surface area (Å²) in [4.78, 5) is 17.2. The number of halogens is 1. The molecule has 1 N–H and O–H groups in total. The summed E-state index contributed by atoms with van der Waals surface area (Å²) in [5.74, 6) is 0.891. The van der Waals surface area contributed by atoms with E-state index in [-0.39, 0.29) is 5.82 Å². The highest BCUT2D eigenvalue weighted by atomic mass is 35.5. The molecule has 4 aromatic rings. The molecule has 0 aliphatic carbocycles. The minimum atomic E-state index is -0.397. The number of carbonyl (C=O) groups excluding carboxylic acids is 1. The molecule has 0 saturated heterocycles. The maximum Gasteiger partial charge on any atom is 0.295 e. The highest BCUT2D eigenvalue weighted by Crippen LogP contribution is 2.25. The first-order valence-electron chi connectivity index (χ1n) is 8.88. The Hall–Kier alpha value is -3.64. The van der Waals surface area contributed by atoms with Crippen LogP contribution in [0.1, 0.15) is 10.6 Å². The molecular formula is C22H17ClN4O2. The molecule has 0 aliphatic rings. The van der Waals surface area contributed by atoms with Gasteiger partial charge in [0.25, 0.3) is 5.91 Å². The molecule has 3 aromatic carbocycles. The number of methoxy groups -OCH3 is 1. The standard InChI is InChI=1S/C22H17ClN4O2/c1-29-19-12-10-18(11-13-19)27-21(15-6-5-7-16(23)14-15)25-20(26-27)22(28)24-17-8-3-2-4-9-17/h2-14H,1H3,(H,24,28). The number of carbonyl (C=O) groups is 1. The summed E-state index contributed by atoms with van der Waals surface area (Å²) in [5, 5.41) is 7.83. The van der Waals surface area contributed by atoms with Gasteiger partial charge in [-0.1, -0.05) is 41.9 Å². The Morgan fingerprint density at radius 3 is 2.45 bits per heavy atom. The van der Waals surface area contributed by atoms with E-state index in [4.69, 9.17) is 16.3 Å². The summed E-state index contributed by atoms with van der Waals surface area (Å²) in [6.45, 7) is 0. The number of nitrogens with one attached hydrogen (secondary N) is 1. The minimum Gasteiger partial charge on any atom is -0.497 e. The second kappa shape index (κ2) is 8.16. The molecular weight excluding hydrogens is 388 g/mol. The van der Waals surface area contributed by atoms with Gasteiger partial charge in [-0.25, -0.2) is 9.67 Å². The molecule has 1 heterocycles. The molecule has 0 fully saturated rings. The Morgan fingerprint density at radius 1 is 1.00 bits per heavy atom. The van der Waals surface area contributed by atoms with Crippen molar-refractivity contribution in [1.29, 1.82) is 0 Å². The zero-order valence-corrected chi connectivity index (χ0v) is 16.3. The topological polar surface area (TPSA) is 69.0 Å². The monoisotopic (exact) mass is 404 g/mol. The Bertz CT molecular complexity index is 1140.